The highest BCUT2D eigenvalue weighted by atomic mass is 32.2. The number of nitrogens with zero attached hydrogens (tertiary/aromatic N) is 1. The number of carboxylic acid groups (broad SMARTS) is 1. The van der Waals surface area contributed by atoms with Gasteiger partial charge in [-0.3, -0.25) is 13.9 Å². The number of carbonyl (C=O) groups excluding carboxylic acids is 2. The fraction of sp³-hybridized carbons (Fsp3) is 0.429. The second kappa shape index (κ2) is 6.75. The van der Waals surface area contributed by atoms with Gasteiger partial charge in [0.25, 0.3) is 5.91 Å². The van der Waals surface area contributed by atoms with Crippen LogP contribution in [0.3, 0.4) is 0 Å². The van der Waals surface area contributed by atoms with Crippen molar-refractivity contribution in [3.05, 3.63) is 6.08 Å². The number of hydrogen-bond acceptors (Lipinski definition) is 7. The highest BCUT2D eigenvalue weighted by molar-refractivity contribution is 7.84. The van der Waals surface area contributed by atoms with Gasteiger partial charge in [0.05, 0.1) is 0 Å². The van der Waals surface area contributed by atoms with Gasteiger partial charge in [0, 0.05) is 6.08 Å². The summed E-state index contributed by atoms with van der Waals surface area (Å²) in [5.41, 5.74) is 0. The minimum absolute atomic E-state index is 0.105. The number of nitrogens with one attached hydrogen (secondary N) is 1. The van der Waals surface area contributed by atoms with Gasteiger partial charge in [0.1, 0.15) is 12.0 Å². The Morgan fingerprint density at radius 1 is 1.24 bits per heavy atom. The maximum atomic E-state index is 11.7. The summed E-state index contributed by atoms with van der Waals surface area (Å²) in [6, 6.07) is -4.40. The predicted molar refractivity (Wildman–Crippen MR) is 64.2 cm³/mol. The average Bonchev–Trinajstić information content (AvgIpc) is 2.23. The Kier molecular flexibility index (Phi) is 6.16. The van der Waals surface area contributed by atoms with Crippen LogP contribution in [0, 0.1) is 0 Å². The summed E-state index contributed by atoms with van der Waals surface area (Å²) in [6.45, 7) is 0.762. The normalized spacial score (nSPS) is 14.6. The van der Waals surface area contributed by atoms with E-state index in [4.69, 9.17) is 14.2 Å². The fourth-order valence-corrected chi connectivity index (χ4v) is 2.53. The Hall–Kier alpha value is -1.83. The van der Waals surface area contributed by atoms with Crippen LogP contribution in [0.15, 0.2) is 6.08 Å². The number of rotatable bonds is 7. The van der Waals surface area contributed by atoms with Crippen LogP contribution in [-0.4, -0.2) is 65.3 Å². The Morgan fingerprint density at radius 2 is 1.71 bits per heavy atom. The molecule has 2 atom stereocenters. The first kappa shape index (κ1) is 19.2. The van der Waals surface area contributed by atoms with E-state index < -0.39 is 48.9 Å². The van der Waals surface area contributed by atoms with Crippen molar-refractivity contribution in [1.29, 1.82) is 0 Å². The monoisotopic (exact) mass is 346 g/mol. The molecule has 14 heteroatoms. The third-order valence-electron chi connectivity index (χ3n) is 1.89. The average molecular weight is 346 g/mol. The number of carboxylic acids is 1. The van der Waals surface area contributed by atoms with Crippen molar-refractivity contribution in [2.75, 3.05) is 0 Å². The second-order valence-corrected chi connectivity index (χ2v) is 5.97. The molecule has 4 N–H and O–H groups in total. The minimum Gasteiger partial charge on any atom is -0.479 e. The molecule has 12 nitrogen and oxygen atoms in total. The van der Waals surface area contributed by atoms with E-state index in [2.05, 4.69) is 0 Å². The van der Waals surface area contributed by atoms with Crippen LogP contribution in [0.25, 0.3) is 0 Å². The first-order valence-electron chi connectivity index (χ1n) is 4.80. The molecule has 0 rings (SSSR count). The Morgan fingerprint density at radius 3 is 2.00 bits per heavy atom. The number of hydrogen-bond donors (Lipinski definition) is 4. The summed E-state index contributed by atoms with van der Waals surface area (Å²) >= 11 is 0. The van der Waals surface area contributed by atoms with Crippen molar-refractivity contribution >= 4 is 38.4 Å². The van der Waals surface area contributed by atoms with Gasteiger partial charge in [-0.2, -0.15) is 25.9 Å². The van der Waals surface area contributed by atoms with Gasteiger partial charge in [-0.1, -0.05) is 0 Å². The maximum Gasteiger partial charge on any atom is 0.363 e. The molecule has 0 saturated heterocycles. The van der Waals surface area contributed by atoms with Crippen molar-refractivity contribution in [3.8, 4) is 0 Å². The Balaban J connectivity index is 5.80. The minimum atomic E-state index is -5.45. The molecular weight excluding hydrogens is 336 g/mol. The highest BCUT2D eigenvalue weighted by Gasteiger charge is 2.39. The predicted octanol–water partition coefficient (Wildman–Crippen LogP) is -2.76. The quantitative estimate of drug-likeness (QED) is 0.277. The first-order chi connectivity index (χ1) is 9.31. The van der Waals surface area contributed by atoms with E-state index >= 15 is 0 Å². The smallest absolute Gasteiger partial charge is 0.363 e. The lowest BCUT2D eigenvalue weighted by Crippen LogP contribution is -2.54. The van der Waals surface area contributed by atoms with E-state index in [0.29, 0.717) is 0 Å². The summed E-state index contributed by atoms with van der Waals surface area (Å²) in [5, 5.41) is 8.73. The molecule has 0 fully saturated rings. The molecule has 0 saturated carbocycles. The molecule has 120 valence electrons. The van der Waals surface area contributed by atoms with Crippen LogP contribution in [0.5, 0.6) is 0 Å². The van der Waals surface area contributed by atoms with Gasteiger partial charge in [-0.25, -0.2) is 9.59 Å². The summed E-state index contributed by atoms with van der Waals surface area (Å²) < 4.78 is 61.1. The molecule has 0 aliphatic rings. The van der Waals surface area contributed by atoms with E-state index in [0.717, 1.165) is 12.9 Å². The Bertz CT molecular complexity index is 672. The van der Waals surface area contributed by atoms with E-state index in [1.54, 1.807) is 0 Å². The zero-order valence-electron chi connectivity index (χ0n) is 10.2. The van der Waals surface area contributed by atoms with Crippen molar-refractivity contribution in [3.63, 3.8) is 0 Å². The van der Waals surface area contributed by atoms with Gasteiger partial charge in [-0.05, 0) is 6.92 Å². The van der Waals surface area contributed by atoms with E-state index in [-0.39, 0.29) is 6.08 Å². The molecule has 0 unspecified atom stereocenters. The van der Waals surface area contributed by atoms with Crippen molar-refractivity contribution < 1.29 is 45.4 Å². The van der Waals surface area contributed by atoms with Gasteiger partial charge in [0.2, 0.25) is 0 Å². The molecule has 0 bridgehead atoms. The highest BCUT2D eigenvalue weighted by Crippen LogP contribution is 2.10. The van der Waals surface area contributed by atoms with Gasteiger partial charge < -0.3 is 5.11 Å². The summed E-state index contributed by atoms with van der Waals surface area (Å²) in [4.78, 5) is 32.7. The maximum absolute atomic E-state index is 11.7. The van der Waals surface area contributed by atoms with Crippen LogP contribution >= 0.6 is 0 Å². The SMILES string of the molecule is C[C@@H](NS(=O)(=O)O)C(=O)N([C@H](C=C=O)C(=O)O)S(=O)(=O)O. The first-order valence-corrected chi connectivity index (χ1v) is 7.64. The summed E-state index contributed by atoms with van der Waals surface area (Å²) in [6.07, 6.45) is 0.105. The van der Waals surface area contributed by atoms with E-state index in [9.17, 15) is 31.2 Å². The number of carbonyl (C=O) groups is 2. The second-order valence-electron chi connectivity index (χ2n) is 3.49. The topological polar surface area (TPSA) is 195 Å². The van der Waals surface area contributed by atoms with Gasteiger partial charge in [-0.15, -0.1) is 0 Å². The number of aliphatic carboxylic acids is 1. The summed E-state index contributed by atoms with van der Waals surface area (Å²) in [5.74, 6) is -2.84. The van der Waals surface area contributed by atoms with Crippen molar-refractivity contribution in [2.45, 2.75) is 19.0 Å². The zero-order valence-corrected chi connectivity index (χ0v) is 11.8. The van der Waals surface area contributed by atoms with Crippen molar-refractivity contribution in [2.24, 2.45) is 0 Å². The Labute approximate surface area is 118 Å². The van der Waals surface area contributed by atoms with Crippen molar-refractivity contribution in [1.82, 2.24) is 9.03 Å². The molecule has 0 heterocycles. The van der Waals surface area contributed by atoms with E-state index in [1.807, 2.05) is 0 Å². The third kappa shape index (κ3) is 5.99. The molecule has 0 aromatic heterocycles. The molecule has 0 aromatic rings. The largest absolute Gasteiger partial charge is 0.479 e. The number of amides is 1. The van der Waals surface area contributed by atoms with Crippen LogP contribution in [0.4, 0.5) is 0 Å². The molecule has 0 aliphatic carbocycles. The van der Waals surface area contributed by atoms with Crippen LogP contribution in [0.2, 0.25) is 0 Å². The molecule has 21 heavy (non-hydrogen) atoms. The molecule has 0 spiro atoms. The third-order valence-corrected chi connectivity index (χ3v) is 3.45. The van der Waals surface area contributed by atoms with Gasteiger partial charge >= 0.3 is 26.6 Å². The van der Waals surface area contributed by atoms with Gasteiger partial charge in [0.15, 0.2) is 6.04 Å². The van der Waals surface area contributed by atoms with Crippen LogP contribution in [-0.2, 0) is 35.0 Å². The summed E-state index contributed by atoms with van der Waals surface area (Å²) in [7, 11) is -10.4. The zero-order chi connectivity index (χ0) is 17.0. The fourth-order valence-electron chi connectivity index (χ4n) is 1.16. The molecule has 0 aromatic carbocycles. The molecule has 1 amide bonds. The molecule has 0 aliphatic heterocycles. The lowest BCUT2D eigenvalue weighted by Gasteiger charge is -2.25. The van der Waals surface area contributed by atoms with E-state index in [1.165, 1.54) is 4.72 Å². The lowest BCUT2D eigenvalue weighted by atomic mass is 10.2. The van der Waals surface area contributed by atoms with Crippen LogP contribution < -0.4 is 4.72 Å². The lowest BCUT2D eigenvalue weighted by molar-refractivity contribution is -0.144. The standard InChI is InChI=1S/C7H10N2O10S2/c1-4(8-20(14,15)16)6(11)9(21(17,18)19)5(2-3-10)7(12)13/h2,4-5,8H,1H3,(H,12,13)(H,14,15,16)(H,17,18,19)/t4-,5-/m1/s1. The van der Waals surface area contributed by atoms with Crippen LogP contribution in [0.1, 0.15) is 6.92 Å². The molecule has 0 radical (unpaired) electrons. The molecular formula is C7H10N2O10S2.